The van der Waals surface area contributed by atoms with E-state index < -0.39 is 0 Å². The number of rotatable bonds is 12. The zero-order valence-electron chi connectivity index (χ0n) is 12.8. The average Bonchev–Trinajstić information content (AvgIpc) is 2.53. The Bertz CT molecular complexity index is 404. The van der Waals surface area contributed by atoms with Gasteiger partial charge in [-0.05, 0) is 31.0 Å². The van der Waals surface area contributed by atoms with Crippen molar-refractivity contribution in [1.82, 2.24) is 0 Å². The van der Waals surface area contributed by atoms with Crippen LogP contribution in [0.3, 0.4) is 0 Å². The summed E-state index contributed by atoms with van der Waals surface area (Å²) in [5, 5.41) is 8.68. The van der Waals surface area contributed by atoms with Gasteiger partial charge in [0.05, 0.1) is 13.7 Å². The van der Waals surface area contributed by atoms with Crippen molar-refractivity contribution in [3.05, 3.63) is 23.8 Å². The molecule has 0 spiro atoms. The Balaban J connectivity index is 2.16. The number of benzene rings is 1. The first kappa shape index (κ1) is 17.5. The van der Waals surface area contributed by atoms with E-state index >= 15 is 0 Å². The predicted molar refractivity (Wildman–Crippen MR) is 83.3 cm³/mol. The summed E-state index contributed by atoms with van der Waals surface area (Å²) in [6, 6.07) is 5.19. The zero-order chi connectivity index (χ0) is 15.3. The van der Waals surface area contributed by atoms with Crippen LogP contribution in [-0.4, -0.2) is 31.7 Å². The standard InChI is InChI=1S/C17H26O4/c1-20-17-13-15(14-19)9-10-16(17)21-12-8-6-4-2-3-5-7-11-18/h9-10,13-14,18H,2-8,11-12H2,1H3. The molecule has 1 aromatic carbocycles. The number of aliphatic hydroxyl groups excluding tert-OH is 1. The third-order valence-electron chi connectivity index (χ3n) is 3.38. The molecule has 4 nitrogen and oxygen atoms in total. The van der Waals surface area contributed by atoms with E-state index in [1.54, 1.807) is 25.3 Å². The molecule has 0 saturated heterocycles. The van der Waals surface area contributed by atoms with Gasteiger partial charge in [-0.25, -0.2) is 0 Å². The van der Waals surface area contributed by atoms with Crippen LogP contribution in [0, 0.1) is 0 Å². The summed E-state index contributed by atoms with van der Waals surface area (Å²) >= 11 is 0. The molecule has 0 amide bonds. The summed E-state index contributed by atoms with van der Waals surface area (Å²) in [5.41, 5.74) is 0.585. The Hall–Kier alpha value is -1.55. The van der Waals surface area contributed by atoms with Crippen molar-refractivity contribution in [1.29, 1.82) is 0 Å². The number of unbranched alkanes of at least 4 members (excludes halogenated alkanes) is 6. The molecule has 0 aromatic heterocycles. The molecule has 0 radical (unpaired) electrons. The Morgan fingerprint density at radius 3 is 2.29 bits per heavy atom. The predicted octanol–water partition coefficient (Wildman–Crippen LogP) is 3.61. The maximum Gasteiger partial charge on any atom is 0.161 e. The van der Waals surface area contributed by atoms with Crippen LogP contribution in [0.5, 0.6) is 11.5 Å². The number of ether oxygens (including phenoxy) is 2. The molecule has 4 heteroatoms. The van der Waals surface area contributed by atoms with Gasteiger partial charge in [0.2, 0.25) is 0 Å². The number of carbonyl (C=O) groups is 1. The molecule has 0 heterocycles. The largest absolute Gasteiger partial charge is 0.493 e. The highest BCUT2D eigenvalue weighted by Crippen LogP contribution is 2.27. The van der Waals surface area contributed by atoms with Gasteiger partial charge < -0.3 is 14.6 Å². The highest BCUT2D eigenvalue weighted by atomic mass is 16.5. The number of hydrogen-bond donors (Lipinski definition) is 1. The normalized spacial score (nSPS) is 10.4. The van der Waals surface area contributed by atoms with Crippen molar-refractivity contribution in [3.8, 4) is 11.5 Å². The van der Waals surface area contributed by atoms with Gasteiger partial charge in [0.25, 0.3) is 0 Å². The van der Waals surface area contributed by atoms with Crippen molar-refractivity contribution >= 4 is 6.29 Å². The third kappa shape index (κ3) is 7.14. The van der Waals surface area contributed by atoms with Gasteiger partial charge in [0.1, 0.15) is 6.29 Å². The summed E-state index contributed by atoms with van der Waals surface area (Å²) in [6.45, 7) is 0.964. The fourth-order valence-electron chi connectivity index (χ4n) is 2.16. The van der Waals surface area contributed by atoms with E-state index in [-0.39, 0.29) is 0 Å². The van der Waals surface area contributed by atoms with Gasteiger partial charge in [-0.1, -0.05) is 32.1 Å². The Morgan fingerprint density at radius 2 is 1.67 bits per heavy atom. The number of aldehydes is 1. The number of hydrogen-bond acceptors (Lipinski definition) is 4. The van der Waals surface area contributed by atoms with E-state index in [1.165, 1.54) is 19.3 Å². The second kappa shape index (κ2) is 11.1. The molecule has 21 heavy (non-hydrogen) atoms. The van der Waals surface area contributed by atoms with E-state index in [4.69, 9.17) is 14.6 Å². The molecular weight excluding hydrogens is 268 g/mol. The highest BCUT2D eigenvalue weighted by molar-refractivity contribution is 5.76. The van der Waals surface area contributed by atoms with Gasteiger partial charge in [-0.15, -0.1) is 0 Å². The molecule has 1 rings (SSSR count). The topological polar surface area (TPSA) is 55.8 Å². The van der Waals surface area contributed by atoms with Crippen LogP contribution in [0.2, 0.25) is 0 Å². The molecule has 0 unspecified atom stereocenters. The van der Waals surface area contributed by atoms with E-state index in [0.29, 0.717) is 30.3 Å². The fourth-order valence-corrected chi connectivity index (χ4v) is 2.16. The van der Waals surface area contributed by atoms with Crippen LogP contribution in [0.4, 0.5) is 0 Å². The lowest BCUT2D eigenvalue weighted by Gasteiger charge is -2.11. The maximum atomic E-state index is 10.7. The summed E-state index contributed by atoms with van der Waals surface area (Å²) in [5.74, 6) is 1.29. The molecule has 118 valence electrons. The molecular formula is C17H26O4. The minimum absolute atomic E-state index is 0.304. The monoisotopic (exact) mass is 294 g/mol. The number of aliphatic hydroxyl groups is 1. The van der Waals surface area contributed by atoms with Gasteiger partial charge in [0.15, 0.2) is 11.5 Å². The number of carbonyl (C=O) groups excluding carboxylic acids is 1. The van der Waals surface area contributed by atoms with Crippen LogP contribution < -0.4 is 9.47 Å². The zero-order valence-corrected chi connectivity index (χ0v) is 12.8. The maximum absolute atomic E-state index is 10.7. The quantitative estimate of drug-likeness (QED) is 0.472. The lowest BCUT2D eigenvalue weighted by atomic mass is 10.1. The van der Waals surface area contributed by atoms with Crippen LogP contribution >= 0.6 is 0 Å². The summed E-state index contributed by atoms with van der Waals surface area (Å²) in [7, 11) is 1.57. The smallest absolute Gasteiger partial charge is 0.161 e. The van der Waals surface area contributed by atoms with Crippen LogP contribution in [0.1, 0.15) is 55.3 Å². The molecule has 1 aromatic rings. The first-order valence-corrected chi connectivity index (χ1v) is 7.68. The van der Waals surface area contributed by atoms with Gasteiger partial charge in [0, 0.05) is 12.2 Å². The Labute approximate surface area is 127 Å². The van der Waals surface area contributed by atoms with Crippen LogP contribution in [0.15, 0.2) is 18.2 Å². The number of methoxy groups -OCH3 is 1. The molecule has 0 fully saturated rings. The second-order valence-electron chi connectivity index (χ2n) is 5.08. The lowest BCUT2D eigenvalue weighted by molar-refractivity contribution is 0.112. The SMILES string of the molecule is COc1cc(C=O)ccc1OCCCCCCCCCO. The summed E-state index contributed by atoms with van der Waals surface area (Å²) in [6.07, 6.45) is 8.61. The second-order valence-corrected chi connectivity index (χ2v) is 5.08. The van der Waals surface area contributed by atoms with Crippen molar-refractivity contribution in [2.45, 2.75) is 44.9 Å². The minimum atomic E-state index is 0.304. The van der Waals surface area contributed by atoms with Gasteiger partial charge >= 0.3 is 0 Å². The molecule has 0 atom stereocenters. The third-order valence-corrected chi connectivity index (χ3v) is 3.38. The average molecular weight is 294 g/mol. The molecule has 0 bridgehead atoms. The van der Waals surface area contributed by atoms with Gasteiger partial charge in [-0.2, -0.15) is 0 Å². The van der Waals surface area contributed by atoms with Crippen LogP contribution in [0.25, 0.3) is 0 Å². The lowest BCUT2D eigenvalue weighted by Crippen LogP contribution is -2.00. The van der Waals surface area contributed by atoms with Crippen molar-refractivity contribution in [2.24, 2.45) is 0 Å². The first-order chi connectivity index (χ1) is 10.3. The van der Waals surface area contributed by atoms with E-state index in [1.807, 2.05) is 0 Å². The van der Waals surface area contributed by atoms with Crippen molar-refractivity contribution in [3.63, 3.8) is 0 Å². The summed E-state index contributed by atoms with van der Waals surface area (Å²) < 4.78 is 10.9. The first-order valence-electron chi connectivity index (χ1n) is 7.68. The molecule has 0 aliphatic heterocycles. The fraction of sp³-hybridized carbons (Fsp3) is 0.588. The molecule has 0 aliphatic rings. The van der Waals surface area contributed by atoms with Crippen molar-refractivity contribution < 1.29 is 19.4 Å². The van der Waals surface area contributed by atoms with E-state index in [2.05, 4.69) is 0 Å². The van der Waals surface area contributed by atoms with Crippen molar-refractivity contribution in [2.75, 3.05) is 20.3 Å². The van der Waals surface area contributed by atoms with Crippen LogP contribution in [-0.2, 0) is 0 Å². The highest BCUT2D eigenvalue weighted by Gasteiger charge is 2.05. The van der Waals surface area contributed by atoms with E-state index in [9.17, 15) is 4.79 Å². The molecule has 0 aliphatic carbocycles. The molecule has 0 saturated carbocycles. The summed E-state index contributed by atoms with van der Waals surface area (Å²) in [4.78, 5) is 10.7. The van der Waals surface area contributed by atoms with E-state index in [0.717, 1.165) is 32.0 Å². The Kier molecular flexibility index (Phi) is 9.29. The van der Waals surface area contributed by atoms with Gasteiger partial charge in [-0.3, -0.25) is 4.79 Å². The minimum Gasteiger partial charge on any atom is -0.493 e. The Morgan fingerprint density at radius 1 is 1.00 bits per heavy atom. The molecule has 1 N–H and O–H groups in total.